The topological polar surface area (TPSA) is 116 Å². The Morgan fingerprint density at radius 2 is 1.75 bits per heavy atom. The van der Waals surface area contributed by atoms with Crippen LogP contribution in [0.2, 0.25) is 5.02 Å². The molecule has 1 aromatic heterocycles. The first-order chi connectivity index (χ1) is 15.5. The van der Waals surface area contributed by atoms with Crippen molar-refractivity contribution in [3.8, 4) is 11.8 Å². The van der Waals surface area contributed by atoms with Crippen LogP contribution in [0, 0.1) is 11.8 Å². The number of nitrogens with zero attached hydrogens (tertiary/aromatic N) is 1. The Morgan fingerprint density at radius 3 is 2.44 bits per heavy atom. The molecule has 0 spiro atoms. The van der Waals surface area contributed by atoms with Crippen LogP contribution in [0.5, 0.6) is 0 Å². The first-order valence-electron chi connectivity index (χ1n) is 10.1. The molecule has 1 aliphatic heterocycles. The van der Waals surface area contributed by atoms with Gasteiger partial charge in [-0.1, -0.05) is 41.8 Å². The predicted molar refractivity (Wildman–Crippen MR) is 116 cm³/mol. The Hall–Kier alpha value is -2.70. The van der Waals surface area contributed by atoms with Crippen molar-refractivity contribution in [1.29, 1.82) is 0 Å². The molecule has 0 radical (unpaired) electrons. The van der Waals surface area contributed by atoms with Crippen molar-refractivity contribution in [2.75, 3.05) is 6.61 Å². The molecule has 166 valence electrons. The Balaban J connectivity index is 1.52. The van der Waals surface area contributed by atoms with Crippen molar-refractivity contribution in [1.82, 2.24) is 4.98 Å². The molecule has 1 aliphatic rings. The molecule has 3 aromatic rings. The Bertz CT molecular complexity index is 1100. The number of oxazole rings is 1. The first-order valence-corrected chi connectivity index (χ1v) is 10.4. The van der Waals surface area contributed by atoms with E-state index in [1.54, 1.807) is 18.2 Å². The van der Waals surface area contributed by atoms with Crippen LogP contribution in [0.15, 0.2) is 59.3 Å². The highest BCUT2D eigenvalue weighted by atomic mass is 35.5. The molecule has 0 aliphatic carbocycles. The van der Waals surface area contributed by atoms with Gasteiger partial charge in [0.1, 0.15) is 36.8 Å². The second-order valence-electron chi connectivity index (χ2n) is 7.56. The lowest BCUT2D eigenvalue weighted by molar-refractivity contribution is -0.231. The van der Waals surface area contributed by atoms with Crippen molar-refractivity contribution in [3.63, 3.8) is 0 Å². The van der Waals surface area contributed by atoms with E-state index in [1.165, 1.54) is 12.5 Å². The van der Waals surface area contributed by atoms with Crippen molar-refractivity contribution in [2.24, 2.45) is 0 Å². The van der Waals surface area contributed by atoms with Gasteiger partial charge in [-0.3, -0.25) is 0 Å². The van der Waals surface area contributed by atoms with Crippen LogP contribution in [0.3, 0.4) is 0 Å². The molecular formula is C24H22ClNO6. The zero-order chi connectivity index (χ0) is 22.7. The van der Waals surface area contributed by atoms with Crippen molar-refractivity contribution >= 4 is 11.6 Å². The Morgan fingerprint density at radius 1 is 0.969 bits per heavy atom. The van der Waals surface area contributed by atoms with Gasteiger partial charge in [0.25, 0.3) is 5.89 Å². The van der Waals surface area contributed by atoms with Crippen LogP contribution >= 0.6 is 11.6 Å². The molecule has 2 heterocycles. The zero-order valence-corrected chi connectivity index (χ0v) is 17.7. The monoisotopic (exact) mass is 455 g/mol. The molecule has 8 heteroatoms. The molecule has 0 bridgehead atoms. The van der Waals surface area contributed by atoms with Gasteiger partial charge in [0, 0.05) is 10.6 Å². The molecule has 1 fully saturated rings. The van der Waals surface area contributed by atoms with Crippen LogP contribution in [-0.2, 0) is 11.2 Å². The highest BCUT2D eigenvalue weighted by Gasteiger charge is 2.44. The largest absolute Gasteiger partial charge is 0.439 e. The van der Waals surface area contributed by atoms with Crippen LogP contribution in [-0.4, -0.2) is 56.4 Å². The lowest BCUT2D eigenvalue weighted by Crippen LogP contribution is -2.55. The van der Waals surface area contributed by atoms with Crippen LogP contribution < -0.4 is 0 Å². The van der Waals surface area contributed by atoms with Gasteiger partial charge in [0.2, 0.25) is 0 Å². The minimum absolute atomic E-state index is 0.353. The zero-order valence-electron chi connectivity index (χ0n) is 16.9. The first kappa shape index (κ1) is 22.5. The maximum absolute atomic E-state index is 10.4. The molecule has 7 nitrogen and oxygen atoms in total. The summed E-state index contributed by atoms with van der Waals surface area (Å²) in [6, 6.07) is 12.9. The number of halogens is 1. The highest BCUT2D eigenvalue weighted by molar-refractivity contribution is 6.31. The highest BCUT2D eigenvalue weighted by Crippen LogP contribution is 2.34. The van der Waals surface area contributed by atoms with Crippen LogP contribution in [0.1, 0.15) is 34.2 Å². The summed E-state index contributed by atoms with van der Waals surface area (Å²) in [5, 5.41) is 40.4. The van der Waals surface area contributed by atoms with Gasteiger partial charge in [-0.05, 0) is 47.2 Å². The van der Waals surface area contributed by atoms with Crippen LogP contribution in [0.4, 0.5) is 0 Å². The fourth-order valence-electron chi connectivity index (χ4n) is 3.62. The summed E-state index contributed by atoms with van der Waals surface area (Å²) in [4.78, 5) is 3.96. The quantitative estimate of drug-likeness (QED) is 0.443. The normalized spacial score (nSPS) is 25.2. The van der Waals surface area contributed by atoms with Gasteiger partial charge in [-0.15, -0.1) is 0 Å². The lowest BCUT2D eigenvalue weighted by Gasteiger charge is -2.40. The minimum atomic E-state index is -1.44. The minimum Gasteiger partial charge on any atom is -0.439 e. The van der Waals surface area contributed by atoms with Gasteiger partial charge >= 0.3 is 0 Å². The number of aromatic nitrogens is 1. The number of ether oxygens (including phenoxy) is 1. The lowest BCUT2D eigenvalue weighted by atomic mass is 9.90. The van der Waals surface area contributed by atoms with E-state index < -0.39 is 37.1 Å². The predicted octanol–water partition coefficient (Wildman–Crippen LogP) is 1.83. The summed E-state index contributed by atoms with van der Waals surface area (Å²) < 4.78 is 10.7. The summed E-state index contributed by atoms with van der Waals surface area (Å²) in [5.41, 5.74) is 3.21. The fourth-order valence-corrected chi connectivity index (χ4v) is 3.81. The third-order valence-electron chi connectivity index (χ3n) is 5.39. The van der Waals surface area contributed by atoms with Crippen molar-refractivity contribution < 1.29 is 29.6 Å². The van der Waals surface area contributed by atoms with E-state index in [1.807, 2.05) is 24.3 Å². The number of hydrogen-bond donors (Lipinski definition) is 4. The summed E-state index contributed by atoms with van der Waals surface area (Å²) in [7, 11) is 0. The van der Waals surface area contributed by atoms with E-state index in [0.717, 1.165) is 16.7 Å². The number of hydrogen-bond acceptors (Lipinski definition) is 7. The number of aliphatic hydroxyl groups excluding tert-OH is 4. The number of rotatable bonds is 4. The van der Waals surface area contributed by atoms with Crippen molar-refractivity contribution in [3.05, 3.63) is 88.1 Å². The molecule has 0 amide bonds. The third kappa shape index (κ3) is 4.87. The molecule has 32 heavy (non-hydrogen) atoms. The second-order valence-corrected chi connectivity index (χ2v) is 7.97. The van der Waals surface area contributed by atoms with Gasteiger partial charge in [0.15, 0.2) is 0 Å². The summed E-state index contributed by atoms with van der Waals surface area (Å²) in [5.74, 6) is 6.17. The smallest absolute Gasteiger partial charge is 0.273 e. The summed E-state index contributed by atoms with van der Waals surface area (Å²) in [6.07, 6.45) is -2.53. The molecule has 0 unspecified atom stereocenters. The summed E-state index contributed by atoms with van der Waals surface area (Å²) in [6.45, 7) is -0.479. The van der Waals surface area contributed by atoms with E-state index in [-0.39, 0.29) is 0 Å². The second kappa shape index (κ2) is 9.84. The van der Waals surface area contributed by atoms with E-state index in [4.69, 9.17) is 20.8 Å². The standard InChI is InChI=1S/C24H22ClNO6/c25-18-7-6-16(24-23(30)22(29)21(28)19(13-27)32-24)12-17(18)11-15-3-1-14(2-4-15)5-8-20-26-9-10-31-20/h1-4,6-7,9-10,12,19,21-24,27-30H,11,13H2/t19-,21-,22+,23-,24+/m1/s1. The molecule has 4 rings (SSSR count). The summed E-state index contributed by atoms with van der Waals surface area (Å²) >= 11 is 6.39. The maximum atomic E-state index is 10.4. The van der Waals surface area contributed by atoms with Gasteiger partial charge in [-0.2, -0.15) is 0 Å². The van der Waals surface area contributed by atoms with Gasteiger partial charge in [0.05, 0.1) is 12.8 Å². The number of aliphatic hydroxyl groups is 4. The fraction of sp³-hybridized carbons (Fsp3) is 0.292. The maximum Gasteiger partial charge on any atom is 0.273 e. The molecule has 0 saturated carbocycles. The Labute approximate surface area is 189 Å². The molecule has 4 N–H and O–H groups in total. The molecule has 1 saturated heterocycles. The van der Waals surface area contributed by atoms with E-state index in [0.29, 0.717) is 22.9 Å². The molecular weight excluding hydrogens is 434 g/mol. The van der Waals surface area contributed by atoms with Crippen LogP contribution in [0.25, 0.3) is 0 Å². The number of benzene rings is 2. The molecule has 5 atom stereocenters. The average molecular weight is 456 g/mol. The van der Waals surface area contributed by atoms with Gasteiger partial charge in [-0.25, -0.2) is 4.98 Å². The SMILES string of the molecule is OC[C@H]1O[C@@H](c2ccc(Cl)c(Cc3ccc(C#Cc4ncco4)cc3)c2)[C@H](O)[C@@H](O)[C@@H]1O. The Kier molecular flexibility index (Phi) is 6.92. The van der Waals surface area contributed by atoms with Gasteiger partial charge < -0.3 is 29.6 Å². The average Bonchev–Trinajstić information content (AvgIpc) is 3.33. The van der Waals surface area contributed by atoms with E-state index >= 15 is 0 Å². The third-order valence-corrected chi connectivity index (χ3v) is 5.75. The van der Waals surface area contributed by atoms with E-state index in [2.05, 4.69) is 16.8 Å². The van der Waals surface area contributed by atoms with E-state index in [9.17, 15) is 20.4 Å². The van der Waals surface area contributed by atoms with Crippen molar-refractivity contribution in [2.45, 2.75) is 36.9 Å². The molecule has 2 aromatic carbocycles.